The minimum absolute atomic E-state index is 0. The maximum atomic E-state index is 4.63. The van der Waals surface area contributed by atoms with Crippen molar-refractivity contribution in [1.82, 2.24) is 20.6 Å². The maximum Gasteiger partial charge on any atom is 0.191 e. The number of H-pyrrole nitrogens is 1. The van der Waals surface area contributed by atoms with Gasteiger partial charge in [0.25, 0.3) is 0 Å². The summed E-state index contributed by atoms with van der Waals surface area (Å²) in [5, 5.41) is 11.1. The molecule has 0 spiro atoms. The van der Waals surface area contributed by atoms with Gasteiger partial charge >= 0.3 is 0 Å². The van der Waals surface area contributed by atoms with Crippen molar-refractivity contribution in [3.8, 4) is 0 Å². The van der Waals surface area contributed by atoms with Crippen LogP contribution in [-0.2, 0) is 13.1 Å². The van der Waals surface area contributed by atoms with Crippen LogP contribution >= 0.6 is 35.3 Å². The summed E-state index contributed by atoms with van der Waals surface area (Å²) in [5.41, 5.74) is 3.44. The third-order valence-electron chi connectivity index (χ3n) is 3.82. The molecule has 5 nitrogen and oxygen atoms in total. The number of hydrogen-bond acceptors (Lipinski definition) is 3. The standard InChI is InChI=1S/C18H23N5S.HI/c1-12(2)16-11-24-17(23-16)10-21-18(19-3)20-9-14-8-13-6-4-5-7-15(13)22-14;/h4-8,11-12,22H,9-10H2,1-3H3,(H2,19,20,21);1H. The maximum absolute atomic E-state index is 4.63. The Morgan fingerprint density at radius 2 is 2.00 bits per heavy atom. The van der Waals surface area contributed by atoms with Crippen LogP contribution < -0.4 is 10.6 Å². The molecule has 2 heterocycles. The zero-order valence-corrected chi connectivity index (χ0v) is 17.8. The summed E-state index contributed by atoms with van der Waals surface area (Å²) in [4.78, 5) is 12.3. The summed E-state index contributed by atoms with van der Waals surface area (Å²) in [6, 6.07) is 10.4. The summed E-state index contributed by atoms with van der Waals surface area (Å²) < 4.78 is 0. The van der Waals surface area contributed by atoms with E-state index in [2.05, 4.69) is 63.0 Å². The molecule has 0 saturated carbocycles. The number of aromatic nitrogens is 2. The minimum Gasteiger partial charge on any atom is -0.357 e. The average Bonchev–Trinajstić information content (AvgIpc) is 3.21. The number of guanidine groups is 1. The van der Waals surface area contributed by atoms with Gasteiger partial charge in [0.1, 0.15) is 5.01 Å². The Balaban J connectivity index is 0.00000225. The molecule has 0 amide bonds. The number of rotatable bonds is 5. The summed E-state index contributed by atoms with van der Waals surface area (Å²) in [6.45, 7) is 5.70. The van der Waals surface area contributed by atoms with Crippen LogP contribution in [0.1, 0.15) is 36.2 Å². The molecule has 7 heteroatoms. The fourth-order valence-electron chi connectivity index (χ4n) is 2.46. The number of aromatic amines is 1. The van der Waals surface area contributed by atoms with Gasteiger partial charge in [0.05, 0.1) is 18.8 Å². The highest BCUT2D eigenvalue weighted by Crippen LogP contribution is 2.17. The van der Waals surface area contributed by atoms with Crippen molar-refractivity contribution in [3.05, 3.63) is 52.1 Å². The first kappa shape index (κ1) is 19.7. The largest absolute Gasteiger partial charge is 0.357 e. The van der Waals surface area contributed by atoms with Crippen molar-refractivity contribution in [3.63, 3.8) is 0 Å². The highest BCUT2D eigenvalue weighted by Gasteiger charge is 2.07. The molecule has 134 valence electrons. The first-order valence-corrected chi connectivity index (χ1v) is 8.99. The first-order chi connectivity index (χ1) is 11.7. The zero-order valence-electron chi connectivity index (χ0n) is 14.7. The lowest BCUT2D eigenvalue weighted by Crippen LogP contribution is -2.36. The first-order valence-electron chi connectivity index (χ1n) is 8.11. The van der Waals surface area contributed by atoms with E-state index in [9.17, 15) is 0 Å². The number of fused-ring (bicyclic) bond motifs is 1. The molecule has 0 bridgehead atoms. The van der Waals surface area contributed by atoms with Crippen LogP contribution in [-0.4, -0.2) is 23.0 Å². The van der Waals surface area contributed by atoms with Crippen molar-refractivity contribution in [1.29, 1.82) is 0 Å². The van der Waals surface area contributed by atoms with E-state index in [0.29, 0.717) is 19.0 Å². The Morgan fingerprint density at radius 1 is 1.24 bits per heavy atom. The third kappa shape index (κ3) is 5.18. The van der Waals surface area contributed by atoms with E-state index in [-0.39, 0.29) is 24.0 Å². The van der Waals surface area contributed by atoms with Crippen molar-refractivity contribution in [2.24, 2.45) is 4.99 Å². The van der Waals surface area contributed by atoms with Crippen molar-refractivity contribution in [2.75, 3.05) is 7.05 Å². The molecule has 0 radical (unpaired) electrons. The van der Waals surface area contributed by atoms with Crippen molar-refractivity contribution < 1.29 is 0 Å². The van der Waals surface area contributed by atoms with Crippen LogP contribution in [0.25, 0.3) is 10.9 Å². The lowest BCUT2D eigenvalue weighted by molar-refractivity contribution is 0.780. The predicted octanol–water partition coefficient (Wildman–Crippen LogP) is 4.23. The SMILES string of the molecule is CN=C(NCc1cc2ccccc2[nH]1)NCc1nc(C(C)C)cs1.I. The molecule has 0 fully saturated rings. The molecule has 0 aliphatic heterocycles. The lowest BCUT2D eigenvalue weighted by Gasteiger charge is -2.10. The Hall–Kier alpha value is -1.61. The number of nitrogens with one attached hydrogen (secondary N) is 3. The number of thiazole rings is 1. The second kappa shape index (κ2) is 9.19. The quantitative estimate of drug-likeness (QED) is 0.298. The van der Waals surface area contributed by atoms with E-state index in [1.54, 1.807) is 18.4 Å². The average molecular weight is 469 g/mol. The molecule has 0 aliphatic rings. The Labute approximate surface area is 169 Å². The molecule has 0 atom stereocenters. The zero-order chi connectivity index (χ0) is 16.9. The number of aliphatic imine (C=N–C) groups is 1. The van der Waals surface area contributed by atoms with Crippen LogP contribution in [0.2, 0.25) is 0 Å². The topological polar surface area (TPSA) is 65.1 Å². The van der Waals surface area contributed by atoms with Crippen molar-refractivity contribution >= 4 is 52.2 Å². The van der Waals surface area contributed by atoms with Gasteiger partial charge < -0.3 is 15.6 Å². The Bertz CT molecular complexity index is 804. The highest BCUT2D eigenvalue weighted by molar-refractivity contribution is 14.0. The molecule has 0 aliphatic carbocycles. The van der Waals surface area contributed by atoms with E-state index < -0.39 is 0 Å². The molecule has 1 aromatic carbocycles. The van der Waals surface area contributed by atoms with Gasteiger partial charge in [0.2, 0.25) is 0 Å². The Morgan fingerprint density at radius 3 is 2.68 bits per heavy atom. The number of para-hydroxylation sites is 1. The van der Waals surface area contributed by atoms with Crippen LogP contribution in [0.15, 0.2) is 40.7 Å². The smallest absolute Gasteiger partial charge is 0.191 e. The monoisotopic (exact) mass is 469 g/mol. The van der Waals surface area contributed by atoms with E-state index in [0.717, 1.165) is 27.9 Å². The van der Waals surface area contributed by atoms with Crippen LogP contribution in [0, 0.1) is 0 Å². The highest BCUT2D eigenvalue weighted by atomic mass is 127. The van der Waals surface area contributed by atoms with E-state index in [1.165, 1.54) is 5.39 Å². The van der Waals surface area contributed by atoms with Crippen LogP contribution in [0.4, 0.5) is 0 Å². The van der Waals surface area contributed by atoms with Crippen molar-refractivity contribution in [2.45, 2.75) is 32.9 Å². The molecule has 3 N–H and O–H groups in total. The number of nitrogens with zero attached hydrogens (tertiary/aromatic N) is 2. The molecule has 3 aromatic rings. The summed E-state index contributed by atoms with van der Waals surface area (Å²) in [7, 11) is 1.78. The fourth-order valence-corrected chi connectivity index (χ4v) is 3.35. The lowest BCUT2D eigenvalue weighted by atomic mass is 10.2. The van der Waals surface area contributed by atoms with Gasteiger partial charge in [0.15, 0.2) is 5.96 Å². The van der Waals surface area contributed by atoms with Gasteiger partial charge in [-0.15, -0.1) is 35.3 Å². The third-order valence-corrected chi connectivity index (χ3v) is 4.69. The van der Waals surface area contributed by atoms with Gasteiger partial charge in [-0.05, 0) is 23.4 Å². The molecule has 3 rings (SSSR count). The van der Waals surface area contributed by atoms with E-state index in [1.807, 2.05) is 12.1 Å². The molecule has 0 unspecified atom stereocenters. The van der Waals surface area contributed by atoms with E-state index >= 15 is 0 Å². The molecular weight excluding hydrogens is 445 g/mol. The number of halogens is 1. The summed E-state index contributed by atoms with van der Waals surface area (Å²) >= 11 is 1.69. The van der Waals surface area contributed by atoms with E-state index in [4.69, 9.17) is 0 Å². The normalized spacial score (nSPS) is 11.6. The van der Waals surface area contributed by atoms with Crippen LogP contribution in [0.5, 0.6) is 0 Å². The summed E-state index contributed by atoms with van der Waals surface area (Å²) in [5.74, 6) is 1.24. The number of benzene rings is 1. The summed E-state index contributed by atoms with van der Waals surface area (Å²) in [6.07, 6.45) is 0. The van der Waals surface area contributed by atoms with Gasteiger partial charge in [-0.1, -0.05) is 32.0 Å². The minimum atomic E-state index is 0. The Kier molecular flexibility index (Phi) is 7.24. The van der Waals surface area contributed by atoms with Gasteiger partial charge in [0, 0.05) is 23.6 Å². The second-order valence-electron chi connectivity index (χ2n) is 5.98. The second-order valence-corrected chi connectivity index (χ2v) is 6.92. The molecule has 0 saturated heterocycles. The fraction of sp³-hybridized carbons (Fsp3) is 0.333. The number of hydrogen-bond donors (Lipinski definition) is 3. The molecule has 2 aromatic heterocycles. The predicted molar refractivity (Wildman–Crippen MR) is 117 cm³/mol. The molecule has 25 heavy (non-hydrogen) atoms. The molecular formula is C18H24IN5S. The van der Waals surface area contributed by atoms with Gasteiger partial charge in [-0.2, -0.15) is 0 Å². The van der Waals surface area contributed by atoms with Gasteiger partial charge in [-0.25, -0.2) is 4.98 Å². The van der Waals surface area contributed by atoms with Crippen LogP contribution in [0.3, 0.4) is 0 Å². The van der Waals surface area contributed by atoms with Gasteiger partial charge in [-0.3, -0.25) is 4.99 Å².